The maximum atomic E-state index is 13.2. The van der Waals surface area contributed by atoms with Crippen molar-refractivity contribution in [3.8, 4) is 0 Å². The summed E-state index contributed by atoms with van der Waals surface area (Å²) in [6.07, 6.45) is 5.13. The van der Waals surface area contributed by atoms with E-state index in [0.29, 0.717) is 29.6 Å². The average molecular weight is 378 g/mol. The third kappa shape index (κ3) is 4.04. The van der Waals surface area contributed by atoms with E-state index in [1.807, 2.05) is 11.8 Å². The molecule has 2 fully saturated rings. The molecule has 1 aromatic rings. The van der Waals surface area contributed by atoms with Crippen molar-refractivity contribution in [3.05, 3.63) is 34.9 Å². The first-order valence-electron chi connectivity index (χ1n) is 9.57. The molecule has 3 N–H and O–H groups in total. The van der Waals surface area contributed by atoms with Gasteiger partial charge in [-0.3, -0.25) is 9.59 Å². The highest BCUT2D eigenvalue weighted by molar-refractivity contribution is 6.30. The molecule has 0 bridgehead atoms. The lowest BCUT2D eigenvalue weighted by Gasteiger charge is -2.33. The second kappa shape index (κ2) is 8.40. The van der Waals surface area contributed by atoms with Gasteiger partial charge in [0.05, 0.1) is 0 Å². The third-order valence-electron chi connectivity index (χ3n) is 5.74. The number of halogens is 1. The van der Waals surface area contributed by atoms with Crippen molar-refractivity contribution >= 4 is 23.4 Å². The zero-order valence-electron chi connectivity index (χ0n) is 15.3. The maximum absolute atomic E-state index is 13.2. The Kier molecular flexibility index (Phi) is 6.20. The first kappa shape index (κ1) is 19.2. The van der Waals surface area contributed by atoms with Gasteiger partial charge in [0.2, 0.25) is 5.91 Å². The van der Waals surface area contributed by atoms with Crippen LogP contribution in [0.15, 0.2) is 24.3 Å². The smallest absolute Gasteiger partial charge is 0.254 e. The third-order valence-corrected chi connectivity index (χ3v) is 6.00. The molecule has 26 heavy (non-hydrogen) atoms. The maximum Gasteiger partial charge on any atom is 0.254 e. The predicted octanol–water partition coefficient (Wildman–Crippen LogP) is 2.82. The summed E-state index contributed by atoms with van der Waals surface area (Å²) < 4.78 is 0. The number of fused-ring (bicyclic) bond motifs is 1. The topological polar surface area (TPSA) is 75.4 Å². The summed E-state index contributed by atoms with van der Waals surface area (Å²) in [5.74, 6) is 0.524. The van der Waals surface area contributed by atoms with Crippen molar-refractivity contribution in [2.24, 2.45) is 17.6 Å². The highest BCUT2D eigenvalue weighted by Crippen LogP contribution is 2.40. The highest BCUT2D eigenvalue weighted by Gasteiger charge is 2.47. The molecule has 1 heterocycles. The zero-order chi connectivity index (χ0) is 18.7. The number of nitrogens with one attached hydrogen (secondary N) is 1. The summed E-state index contributed by atoms with van der Waals surface area (Å²) in [5, 5.41) is 3.60. The van der Waals surface area contributed by atoms with Gasteiger partial charge in [0.1, 0.15) is 6.04 Å². The Hall–Kier alpha value is -1.59. The highest BCUT2D eigenvalue weighted by atomic mass is 35.5. The molecule has 4 unspecified atom stereocenters. The van der Waals surface area contributed by atoms with Crippen LogP contribution in [0.25, 0.3) is 0 Å². The van der Waals surface area contributed by atoms with Crippen LogP contribution in [-0.2, 0) is 4.79 Å². The fraction of sp³-hybridized carbons (Fsp3) is 0.600. The summed E-state index contributed by atoms with van der Waals surface area (Å²) in [4.78, 5) is 27.9. The molecule has 3 rings (SSSR count). The molecule has 1 aliphatic carbocycles. The fourth-order valence-electron chi connectivity index (χ4n) is 4.20. The Labute approximate surface area is 160 Å². The van der Waals surface area contributed by atoms with Gasteiger partial charge in [-0.1, -0.05) is 31.4 Å². The molecule has 1 aromatic carbocycles. The van der Waals surface area contributed by atoms with E-state index in [4.69, 9.17) is 17.3 Å². The van der Waals surface area contributed by atoms with E-state index in [2.05, 4.69) is 5.32 Å². The summed E-state index contributed by atoms with van der Waals surface area (Å²) in [5.41, 5.74) is 6.24. The van der Waals surface area contributed by atoms with E-state index in [1.165, 1.54) is 6.42 Å². The molecule has 0 radical (unpaired) electrons. The van der Waals surface area contributed by atoms with Gasteiger partial charge in [-0.2, -0.15) is 0 Å². The van der Waals surface area contributed by atoms with Gasteiger partial charge in [0.15, 0.2) is 0 Å². The Morgan fingerprint density at radius 2 is 1.96 bits per heavy atom. The summed E-state index contributed by atoms with van der Waals surface area (Å²) in [6.45, 7) is 3.08. The van der Waals surface area contributed by atoms with E-state index in [-0.39, 0.29) is 23.8 Å². The van der Waals surface area contributed by atoms with E-state index < -0.39 is 6.04 Å². The van der Waals surface area contributed by atoms with Crippen LogP contribution in [0.4, 0.5) is 0 Å². The standard InChI is InChI=1S/C20H28ClN3O2/c1-13(11-22)12-23-19(25)18-10-15-4-2-3-5-17(15)24(18)20(26)14-6-8-16(21)9-7-14/h6-9,13,15,17-18H,2-5,10-12,22H2,1H3,(H,23,25). The lowest BCUT2D eigenvalue weighted by molar-refractivity contribution is -0.125. The number of nitrogens with zero attached hydrogens (tertiary/aromatic N) is 1. The van der Waals surface area contributed by atoms with Crippen LogP contribution in [0.1, 0.15) is 49.4 Å². The molecule has 0 aromatic heterocycles. The first-order valence-corrected chi connectivity index (χ1v) is 9.95. The normalized spacial score (nSPS) is 26.3. The van der Waals surface area contributed by atoms with Crippen LogP contribution in [0.5, 0.6) is 0 Å². The molecule has 2 amide bonds. The predicted molar refractivity (Wildman–Crippen MR) is 103 cm³/mol. The number of hydrogen-bond acceptors (Lipinski definition) is 3. The number of carbonyl (C=O) groups is 2. The van der Waals surface area contributed by atoms with E-state index in [9.17, 15) is 9.59 Å². The van der Waals surface area contributed by atoms with E-state index in [1.54, 1.807) is 24.3 Å². The molecule has 5 nitrogen and oxygen atoms in total. The second-order valence-corrected chi connectivity index (χ2v) is 8.11. The average Bonchev–Trinajstić information content (AvgIpc) is 3.05. The molecule has 142 valence electrons. The minimum absolute atomic E-state index is 0.0537. The van der Waals surface area contributed by atoms with E-state index in [0.717, 1.165) is 25.7 Å². The number of likely N-dealkylation sites (tertiary alicyclic amines) is 1. The molecule has 1 saturated carbocycles. The molecule has 1 saturated heterocycles. The van der Waals surface area contributed by atoms with Gasteiger partial charge < -0.3 is 16.0 Å². The van der Waals surface area contributed by atoms with E-state index >= 15 is 0 Å². The lowest BCUT2D eigenvalue weighted by atomic mass is 9.84. The molecule has 0 spiro atoms. The number of benzene rings is 1. The van der Waals surface area contributed by atoms with Gasteiger partial charge in [-0.25, -0.2) is 0 Å². The minimum Gasteiger partial charge on any atom is -0.354 e. The summed E-state index contributed by atoms with van der Waals surface area (Å²) >= 11 is 5.95. The summed E-state index contributed by atoms with van der Waals surface area (Å²) in [7, 11) is 0. The van der Waals surface area contributed by atoms with Crippen molar-refractivity contribution in [3.63, 3.8) is 0 Å². The zero-order valence-corrected chi connectivity index (χ0v) is 16.0. The van der Waals surface area contributed by atoms with Gasteiger partial charge in [0.25, 0.3) is 5.91 Å². The molecular formula is C20H28ClN3O2. The van der Waals surface area contributed by atoms with Crippen LogP contribution in [0.3, 0.4) is 0 Å². The number of nitrogens with two attached hydrogens (primary N) is 1. The van der Waals surface area contributed by atoms with Gasteiger partial charge in [-0.15, -0.1) is 0 Å². The molecular weight excluding hydrogens is 350 g/mol. The van der Waals surface area contributed by atoms with Gasteiger partial charge in [0, 0.05) is 23.2 Å². The van der Waals surface area contributed by atoms with Crippen LogP contribution in [0.2, 0.25) is 5.02 Å². The molecule has 6 heteroatoms. The summed E-state index contributed by atoms with van der Waals surface area (Å²) in [6, 6.07) is 6.70. The first-order chi connectivity index (χ1) is 12.5. The van der Waals surface area contributed by atoms with Crippen molar-refractivity contribution < 1.29 is 9.59 Å². The Balaban J connectivity index is 1.80. The van der Waals surface area contributed by atoms with Gasteiger partial charge in [-0.05, 0) is 61.9 Å². The van der Waals surface area contributed by atoms with Crippen molar-refractivity contribution in [1.29, 1.82) is 0 Å². The van der Waals surface area contributed by atoms with Crippen LogP contribution in [0, 0.1) is 11.8 Å². The number of hydrogen-bond donors (Lipinski definition) is 2. The second-order valence-electron chi connectivity index (χ2n) is 7.67. The molecule has 2 aliphatic rings. The quantitative estimate of drug-likeness (QED) is 0.828. The van der Waals surface area contributed by atoms with Gasteiger partial charge >= 0.3 is 0 Å². The Bertz CT molecular complexity index is 649. The van der Waals surface area contributed by atoms with Crippen LogP contribution >= 0.6 is 11.6 Å². The molecule has 1 aliphatic heterocycles. The Morgan fingerprint density at radius 3 is 2.65 bits per heavy atom. The van der Waals surface area contributed by atoms with Crippen LogP contribution in [-0.4, -0.2) is 41.9 Å². The van der Waals surface area contributed by atoms with Crippen molar-refractivity contribution in [2.45, 2.75) is 51.1 Å². The SMILES string of the molecule is CC(CN)CNC(=O)C1CC2CCCCC2N1C(=O)c1ccc(Cl)cc1. The Morgan fingerprint density at radius 1 is 1.27 bits per heavy atom. The van der Waals surface area contributed by atoms with Crippen molar-refractivity contribution in [2.75, 3.05) is 13.1 Å². The lowest BCUT2D eigenvalue weighted by Crippen LogP contribution is -2.50. The number of carbonyl (C=O) groups excluding carboxylic acids is 2. The fourth-order valence-corrected chi connectivity index (χ4v) is 4.33. The monoisotopic (exact) mass is 377 g/mol. The number of amides is 2. The number of rotatable bonds is 5. The van der Waals surface area contributed by atoms with Crippen LogP contribution < -0.4 is 11.1 Å². The minimum atomic E-state index is -0.392. The molecule has 4 atom stereocenters. The largest absolute Gasteiger partial charge is 0.354 e. The van der Waals surface area contributed by atoms with Crippen molar-refractivity contribution in [1.82, 2.24) is 10.2 Å².